The molecule has 2 aromatic rings. The number of rotatable bonds is 5. The number of carboxylic acid groups (broad SMARTS) is 1. The third kappa shape index (κ3) is 4.71. The van der Waals surface area contributed by atoms with Crippen LogP contribution in [0.5, 0.6) is 0 Å². The lowest BCUT2D eigenvalue weighted by Crippen LogP contribution is -2.37. The molecule has 0 atom stereocenters. The zero-order chi connectivity index (χ0) is 17.0. The van der Waals surface area contributed by atoms with Crippen LogP contribution >= 0.6 is 0 Å². The van der Waals surface area contributed by atoms with Gasteiger partial charge in [0.2, 0.25) is 0 Å². The van der Waals surface area contributed by atoms with Crippen LogP contribution < -0.4 is 0 Å². The Labute approximate surface area is 135 Å². The molecular weight excluding hydrogens is 294 g/mol. The Bertz CT molecular complexity index is 683. The van der Waals surface area contributed by atoms with E-state index in [4.69, 9.17) is 9.52 Å². The highest BCUT2D eigenvalue weighted by Gasteiger charge is 2.25. The largest absolute Gasteiger partial charge is 0.478 e. The second kappa shape index (κ2) is 6.69. The third-order valence-corrected chi connectivity index (χ3v) is 3.23. The Balaban J connectivity index is 2.24. The van der Waals surface area contributed by atoms with Gasteiger partial charge in [-0.15, -0.1) is 0 Å². The van der Waals surface area contributed by atoms with E-state index in [-0.39, 0.29) is 22.6 Å². The van der Waals surface area contributed by atoms with Crippen molar-refractivity contribution >= 4 is 11.9 Å². The first-order chi connectivity index (χ1) is 10.8. The van der Waals surface area contributed by atoms with E-state index in [1.54, 1.807) is 4.90 Å². The molecule has 2 rings (SSSR count). The van der Waals surface area contributed by atoms with Crippen LogP contribution in [0.2, 0.25) is 0 Å². The molecule has 1 amide bonds. The number of benzene rings is 1. The predicted molar refractivity (Wildman–Crippen MR) is 86.3 cm³/mol. The van der Waals surface area contributed by atoms with Crippen molar-refractivity contribution < 1.29 is 19.1 Å². The summed E-state index contributed by atoms with van der Waals surface area (Å²) in [4.78, 5) is 25.3. The highest BCUT2D eigenvalue weighted by molar-refractivity contribution is 5.95. The summed E-state index contributed by atoms with van der Waals surface area (Å²) in [7, 11) is 0. The van der Waals surface area contributed by atoms with E-state index >= 15 is 0 Å². The van der Waals surface area contributed by atoms with Crippen molar-refractivity contribution in [1.82, 2.24) is 4.90 Å². The van der Waals surface area contributed by atoms with Gasteiger partial charge in [0, 0.05) is 19.2 Å². The van der Waals surface area contributed by atoms with Gasteiger partial charge >= 0.3 is 5.97 Å². The molecule has 1 aromatic heterocycles. The normalized spacial score (nSPS) is 11.3. The lowest BCUT2D eigenvalue weighted by atomic mass is 9.95. The first-order valence-corrected chi connectivity index (χ1v) is 7.41. The number of carboxylic acids is 1. The van der Waals surface area contributed by atoms with Gasteiger partial charge < -0.3 is 14.4 Å². The molecular formula is C18H21NO4. The van der Waals surface area contributed by atoms with Gasteiger partial charge in [0.15, 0.2) is 5.76 Å². The summed E-state index contributed by atoms with van der Waals surface area (Å²) in [5, 5.41) is 8.96. The minimum atomic E-state index is -1.11. The topological polar surface area (TPSA) is 70.8 Å². The van der Waals surface area contributed by atoms with Crippen molar-refractivity contribution in [3.05, 3.63) is 59.5 Å². The average molecular weight is 315 g/mol. The van der Waals surface area contributed by atoms with Crippen molar-refractivity contribution in [3.63, 3.8) is 0 Å². The Morgan fingerprint density at radius 1 is 1.17 bits per heavy atom. The molecule has 1 aromatic carbocycles. The molecule has 0 unspecified atom stereocenters. The lowest BCUT2D eigenvalue weighted by Gasteiger charge is -2.29. The molecule has 1 heterocycles. The molecule has 1 N–H and O–H groups in total. The van der Waals surface area contributed by atoms with Crippen molar-refractivity contribution in [3.8, 4) is 0 Å². The van der Waals surface area contributed by atoms with Crippen molar-refractivity contribution in [1.29, 1.82) is 0 Å². The fourth-order valence-electron chi connectivity index (χ4n) is 2.29. The summed E-state index contributed by atoms with van der Waals surface area (Å²) >= 11 is 0. The van der Waals surface area contributed by atoms with E-state index in [0.29, 0.717) is 13.1 Å². The Morgan fingerprint density at radius 2 is 1.83 bits per heavy atom. The van der Waals surface area contributed by atoms with Gasteiger partial charge in [0.25, 0.3) is 5.91 Å². The minimum absolute atomic E-state index is 0.0243. The second-order valence-electron chi connectivity index (χ2n) is 6.71. The second-order valence-corrected chi connectivity index (χ2v) is 6.71. The van der Waals surface area contributed by atoms with E-state index in [1.807, 2.05) is 51.1 Å². The summed E-state index contributed by atoms with van der Waals surface area (Å²) < 4.78 is 5.15. The number of aromatic carboxylic acids is 1. The number of furan rings is 1. The van der Waals surface area contributed by atoms with Crippen LogP contribution in [0.25, 0.3) is 0 Å². The molecule has 0 fully saturated rings. The van der Waals surface area contributed by atoms with Crippen LogP contribution in [0, 0.1) is 5.41 Å². The van der Waals surface area contributed by atoms with Gasteiger partial charge in [0.1, 0.15) is 6.26 Å². The summed E-state index contributed by atoms with van der Waals surface area (Å²) in [6.07, 6.45) is 1.09. The fourth-order valence-corrected chi connectivity index (χ4v) is 2.29. The summed E-state index contributed by atoms with van der Waals surface area (Å²) in [5.41, 5.74) is 0.894. The zero-order valence-corrected chi connectivity index (χ0v) is 13.6. The van der Waals surface area contributed by atoms with Crippen LogP contribution in [0.3, 0.4) is 0 Å². The van der Waals surface area contributed by atoms with E-state index in [0.717, 1.165) is 11.8 Å². The van der Waals surface area contributed by atoms with Gasteiger partial charge in [0.05, 0.1) is 5.56 Å². The number of hydrogen-bond acceptors (Lipinski definition) is 3. The average Bonchev–Trinajstić information content (AvgIpc) is 2.95. The number of hydrogen-bond donors (Lipinski definition) is 1. The third-order valence-electron chi connectivity index (χ3n) is 3.23. The molecule has 0 saturated heterocycles. The summed E-state index contributed by atoms with van der Waals surface area (Å²) in [6, 6.07) is 10.9. The van der Waals surface area contributed by atoms with Crippen LogP contribution in [0.1, 0.15) is 47.2 Å². The van der Waals surface area contributed by atoms with Gasteiger partial charge in [-0.25, -0.2) is 4.79 Å². The fraction of sp³-hybridized carbons (Fsp3) is 0.333. The molecule has 0 spiro atoms. The standard InChI is InChI=1S/C18H21NO4/c1-18(2,3)12-19(10-13-7-5-4-6-8-13)16(20)15-9-14(11-23-15)17(21)22/h4-9,11H,10,12H2,1-3H3,(H,21,22). The molecule has 0 aliphatic heterocycles. The Morgan fingerprint density at radius 3 is 2.35 bits per heavy atom. The molecule has 23 heavy (non-hydrogen) atoms. The van der Waals surface area contributed by atoms with Crippen molar-refractivity contribution in [2.75, 3.05) is 6.54 Å². The first kappa shape index (κ1) is 16.8. The summed E-state index contributed by atoms with van der Waals surface area (Å²) in [5.74, 6) is -1.38. The maximum absolute atomic E-state index is 12.7. The molecule has 5 nitrogen and oxygen atoms in total. The van der Waals surface area contributed by atoms with E-state index in [2.05, 4.69) is 0 Å². The molecule has 0 bridgehead atoms. The molecule has 0 saturated carbocycles. The highest BCUT2D eigenvalue weighted by Crippen LogP contribution is 2.20. The monoisotopic (exact) mass is 315 g/mol. The maximum Gasteiger partial charge on any atom is 0.338 e. The molecule has 0 radical (unpaired) electrons. The minimum Gasteiger partial charge on any atom is -0.478 e. The van der Waals surface area contributed by atoms with Crippen LogP contribution in [0.4, 0.5) is 0 Å². The quantitative estimate of drug-likeness (QED) is 0.914. The first-order valence-electron chi connectivity index (χ1n) is 7.41. The van der Waals surface area contributed by atoms with Crippen molar-refractivity contribution in [2.45, 2.75) is 27.3 Å². The number of amides is 1. The number of nitrogens with zero attached hydrogens (tertiary/aromatic N) is 1. The molecule has 0 aliphatic carbocycles. The Hall–Kier alpha value is -2.56. The number of carbonyl (C=O) groups excluding carboxylic acids is 1. The van der Waals surface area contributed by atoms with Gasteiger partial charge in [-0.2, -0.15) is 0 Å². The van der Waals surface area contributed by atoms with Gasteiger partial charge in [-0.1, -0.05) is 51.1 Å². The molecule has 5 heteroatoms. The van der Waals surface area contributed by atoms with Gasteiger partial charge in [-0.05, 0) is 11.0 Å². The van der Waals surface area contributed by atoms with Crippen LogP contribution in [-0.2, 0) is 6.54 Å². The zero-order valence-electron chi connectivity index (χ0n) is 13.6. The van der Waals surface area contributed by atoms with E-state index in [1.165, 1.54) is 6.07 Å². The lowest BCUT2D eigenvalue weighted by molar-refractivity contribution is 0.0646. The van der Waals surface area contributed by atoms with E-state index in [9.17, 15) is 9.59 Å². The summed E-state index contributed by atoms with van der Waals surface area (Å²) in [6.45, 7) is 7.11. The van der Waals surface area contributed by atoms with E-state index < -0.39 is 5.97 Å². The predicted octanol–water partition coefficient (Wildman–Crippen LogP) is 3.67. The molecule has 0 aliphatic rings. The van der Waals surface area contributed by atoms with Crippen LogP contribution in [0.15, 0.2) is 47.1 Å². The number of carbonyl (C=O) groups is 2. The van der Waals surface area contributed by atoms with Crippen molar-refractivity contribution in [2.24, 2.45) is 5.41 Å². The highest BCUT2D eigenvalue weighted by atomic mass is 16.4. The molecule has 122 valence electrons. The smallest absolute Gasteiger partial charge is 0.338 e. The maximum atomic E-state index is 12.7. The Kier molecular flexibility index (Phi) is 4.89. The SMILES string of the molecule is CC(C)(C)CN(Cc1ccccc1)C(=O)c1cc(C(=O)O)co1. The van der Waals surface area contributed by atoms with Crippen LogP contribution in [-0.4, -0.2) is 28.4 Å². The van der Waals surface area contributed by atoms with Gasteiger partial charge in [-0.3, -0.25) is 4.79 Å².